The number of aryl methyl sites for hydroxylation is 2. The van der Waals surface area contributed by atoms with Gasteiger partial charge in [-0.3, -0.25) is 4.90 Å². The minimum Gasteiger partial charge on any atom is -0.389 e. The number of hydrogen-bond donors (Lipinski definition) is 1. The molecule has 0 aliphatic heterocycles. The SMILES string of the molecule is C#CCOC[C@@H](O)CN(Cc1ccc(C)cc1C)[C@@H](C)CC. The van der Waals surface area contributed by atoms with Crippen molar-refractivity contribution in [2.45, 2.75) is 52.8 Å². The van der Waals surface area contributed by atoms with Crippen LogP contribution in [0, 0.1) is 26.2 Å². The lowest BCUT2D eigenvalue weighted by atomic mass is 10.0. The molecule has 3 heteroatoms. The molecule has 1 N–H and O–H groups in total. The van der Waals surface area contributed by atoms with Crippen LogP contribution in [0.15, 0.2) is 18.2 Å². The number of aliphatic hydroxyl groups excluding tert-OH is 1. The molecule has 0 fully saturated rings. The van der Waals surface area contributed by atoms with Gasteiger partial charge in [0, 0.05) is 19.1 Å². The van der Waals surface area contributed by atoms with Gasteiger partial charge in [0.05, 0.1) is 12.7 Å². The highest BCUT2D eigenvalue weighted by atomic mass is 16.5. The van der Waals surface area contributed by atoms with Gasteiger partial charge in [-0.25, -0.2) is 0 Å². The third-order valence-corrected chi connectivity index (χ3v) is 4.03. The molecule has 0 bridgehead atoms. The first-order valence-corrected chi connectivity index (χ1v) is 7.97. The molecule has 0 aromatic heterocycles. The summed E-state index contributed by atoms with van der Waals surface area (Å²) in [6, 6.07) is 6.93. The highest BCUT2D eigenvalue weighted by Gasteiger charge is 2.18. The van der Waals surface area contributed by atoms with Gasteiger partial charge in [0.25, 0.3) is 0 Å². The lowest BCUT2D eigenvalue weighted by molar-refractivity contribution is 0.0169. The van der Waals surface area contributed by atoms with Crippen molar-refractivity contribution in [3.05, 3.63) is 34.9 Å². The van der Waals surface area contributed by atoms with Crippen LogP contribution in [-0.2, 0) is 11.3 Å². The van der Waals surface area contributed by atoms with Gasteiger partial charge < -0.3 is 9.84 Å². The van der Waals surface area contributed by atoms with Gasteiger partial charge in [0.1, 0.15) is 6.61 Å². The van der Waals surface area contributed by atoms with Gasteiger partial charge in [0.15, 0.2) is 0 Å². The van der Waals surface area contributed by atoms with E-state index in [0.29, 0.717) is 12.6 Å². The van der Waals surface area contributed by atoms with Gasteiger partial charge in [-0.15, -0.1) is 6.42 Å². The van der Waals surface area contributed by atoms with Crippen LogP contribution < -0.4 is 0 Å². The Bertz CT molecular complexity index is 493. The Balaban J connectivity index is 2.70. The first-order chi connectivity index (χ1) is 10.5. The van der Waals surface area contributed by atoms with Gasteiger partial charge >= 0.3 is 0 Å². The number of rotatable bonds is 9. The minimum atomic E-state index is -0.520. The van der Waals surface area contributed by atoms with Crippen molar-refractivity contribution in [2.24, 2.45) is 0 Å². The van der Waals surface area contributed by atoms with Crippen LogP contribution in [0.4, 0.5) is 0 Å². The predicted molar refractivity (Wildman–Crippen MR) is 91.7 cm³/mol. The Morgan fingerprint density at radius 3 is 2.68 bits per heavy atom. The number of ether oxygens (including phenoxy) is 1. The van der Waals surface area contributed by atoms with Gasteiger partial charge in [-0.2, -0.15) is 0 Å². The maximum Gasteiger partial charge on any atom is 0.107 e. The Morgan fingerprint density at radius 1 is 1.36 bits per heavy atom. The molecule has 1 rings (SSSR count). The average Bonchev–Trinajstić information content (AvgIpc) is 2.48. The summed E-state index contributed by atoms with van der Waals surface area (Å²) in [5.74, 6) is 2.42. The van der Waals surface area contributed by atoms with Crippen molar-refractivity contribution in [3.8, 4) is 12.3 Å². The highest BCUT2D eigenvalue weighted by molar-refractivity contribution is 5.30. The normalized spacial score (nSPS) is 13.9. The average molecular weight is 303 g/mol. The van der Waals surface area contributed by atoms with Crippen molar-refractivity contribution in [1.82, 2.24) is 4.90 Å². The molecule has 22 heavy (non-hydrogen) atoms. The molecule has 0 saturated carbocycles. The first kappa shape index (κ1) is 18.7. The number of terminal acetylenes is 1. The number of benzene rings is 1. The maximum atomic E-state index is 10.1. The van der Waals surface area contributed by atoms with E-state index in [2.05, 4.69) is 56.7 Å². The zero-order valence-corrected chi connectivity index (χ0v) is 14.3. The van der Waals surface area contributed by atoms with Crippen molar-refractivity contribution in [1.29, 1.82) is 0 Å². The summed E-state index contributed by atoms with van der Waals surface area (Å²) in [5.41, 5.74) is 3.88. The van der Waals surface area contributed by atoms with Gasteiger partial charge in [-0.05, 0) is 38.3 Å². The van der Waals surface area contributed by atoms with Crippen molar-refractivity contribution < 1.29 is 9.84 Å². The maximum absolute atomic E-state index is 10.1. The molecule has 0 aliphatic rings. The topological polar surface area (TPSA) is 32.7 Å². The molecule has 1 aromatic rings. The fourth-order valence-electron chi connectivity index (χ4n) is 2.48. The molecule has 0 radical (unpaired) electrons. The van der Waals surface area contributed by atoms with Crippen LogP contribution in [0.25, 0.3) is 0 Å². The summed E-state index contributed by atoms with van der Waals surface area (Å²) in [5, 5.41) is 10.1. The van der Waals surface area contributed by atoms with Crippen molar-refractivity contribution >= 4 is 0 Å². The molecule has 0 heterocycles. The van der Waals surface area contributed by atoms with Gasteiger partial charge in [-0.1, -0.05) is 36.6 Å². The van der Waals surface area contributed by atoms with Crippen LogP contribution in [-0.4, -0.2) is 41.9 Å². The molecule has 0 amide bonds. The number of nitrogens with zero attached hydrogens (tertiary/aromatic N) is 1. The molecule has 3 nitrogen and oxygen atoms in total. The monoisotopic (exact) mass is 303 g/mol. The standard InChI is InChI=1S/C19H29NO2/c1-6-10-22-14-19(21)13-20(17(5)7-2)12-18-9-8-15(3)11-16(18)4/h1,8-9,11,17,19,21H,7,10,12-14H2,2-5H3/t17-,19-/m0/s1. The minimum absolute atomic E-state index is 0.247. The van der Waals surface area contributed by atoms with E-state index < -0.39 is 6.10 Å². The van der Waals surface area contributed by atoms with E-state index in [1.165, 1.54) is 16.7 Å². The molecule has 0 saturated heterocycles. The van der Waals surface area contributed by atoms with E-state index in [0.717, 1.165) is 13.0 Å². The van der Waals surface area contributed by atoms with Crippen LogP contribution >= 0.6 is 0 Å². The van der Waals surface area contributed by atoms with Crippen LogP contribution in [0.1, 0.15) is 37.0 Å². The zero-order chi connectivity index (χ0) is 16.5. The van der Waals surface area contributed by atoms with Crippen LogP contribution in [0.2, 0.25) is 0 Å². The second kappa shape index (κ2) is 9.63. The van der Waals surface area contributed by atoms with Crippen molar-refractivity contribution in [3.63, 3.8) is 0 Å². The Morgan fingerprint density at radius 2 is 2.09 bits per heavy atom. The van der Waals surface area contributed by atoms with E-state index >= 15 is 0 Å². The summed E-state index contributed by atoms with van der Waals surface area (Å²) in [7, 11) is 0. The quantitative estimate of drug-likeness (QED) is 0.562. The third kappa shape index (κ3) is 6.19. The van der Waals surface area contributed by atoms with Crippen LogP contribution in [0.5, 0.6) is 0 Å². The van der Waals surface area contributed by atoms with E-state index in [1.54, 1.807) is 0 Å². The van der Waals surface area contributed by atoms with Crippen LogP contribution in [0.3, 0.4) is 0 Å². The smallest absolute Gasteiger partial charge is 0.107 e. The van der Waals surface area contributed by atoms with Gasteiger partial charge in [0.2, 0.25) is 0 Å². The summed E-state index contributed by atoms with van der Waals surface area (Å²) in [4.78, 5) is 2.31. The Hall–Kier alpha value is -1.34. The Labute approximate surface area is 135 Å². The fourth-order valence-corrected chi connectivity index (χ4v) is 2.48. The molecule has 1 aromatic carbocycles. The first-order valence-electron chi connectivity index (χ1n) is 7.97. The third-order valence-electron chi connectivity index (χ3n) is 4.03. The summed E-state index contributed by atoms with van der Waals surface area (Å²) < 4.78 is 5.24. The van der Waals surface area contributed by atoms with E-state index in [1.807, 2.05) is 0 Å². The number of hydrogen-bond acceptors (Lipinski definition) is 3. The molecule has 122 valence electrons. The molecule has 0 spiro atoms. The molecular formula is C19H29NO2. The molecular weight excluding hydrogens is 274 g/mol. The summed E-state index contributed by atoms with van der Waals surface area (Å²) in [6.45, 7) is 10.6. The summed E-state index contributed by atoms with van der Waals surface area (Å²) in [6.07, 6.45) is 5.67. The lowest BCUT2D eigenvalue weighted by Crippen LogP contribution is -2.40. The zero-order valence-electron chi connectivity index (χ0n) is 14.3. The fraction of sp³-hybridized carbons (Fsp3) is 0.579. The largest absolute Gasteiger partial charge is 0.389 e. The van der Waals surface area contributed by atoms with Crippen molar-refractivity contribution in [2.75, 3.05) is 19.8 Å². The highest BCUT2D eigenvalue weighted by Crippen LogP contribution is 2.16. The van der Waals surface area contributed by atoms with E-state index in [4.69, 9.17) is 11.2 Å². The molecule has 0 aliphatic carbocycles. The predicted octanol–water partition coefficient (Wildman–Crippen LogP) is 2.91. The molecule has 0 unspecified atom stereocenters. The van der Waals surface area contributed by atoms with E-state index in [-0.39, 0.29) is 13.2 Å². The number of aliphatic hydroxyl groups is 1. The Kier molecular flexibility index (Phi) is 8.19. The molecule has 2 atom stereocenters. The summed E-state index contributed by atoms with van der Waals surface area (Å²) >= 11 is 0. The second-order valence-electron chi connectivity index (χ2n) is 5.99. The van der Waals surface area contributed by atoms with E-state index in [9.17, 15) is 5.11 Å². The lowest BCUT2D eigenvalue weighted by Gasteiger charge is -2.31. The second-order valence-corrected chi connectivity index (χ2v) is 5.99.